The van der Waals surface area contributed by atoms with E-state index in [1.54, 1.807) is 17.0 Å². The first kappa shape index (κ1) is 19.3. The van der Waals surface area contributed by atoms with E-state index in [2.05, 4.69) is 5.32 Å². The predicted molar refractivity (Wildman–Crippen MR) is 99.4 cm³/mol. The summed E-state index contributed by atoms with van der Waals surface area (Å²) in [6, 6.07) is 9.90. The molecule has 1 N–H and O–H groups in total. The Balaban J connectivity index is 1.50. The summed E-state index contributed by atoms with van der Waals surface area (Å²) >= 11 is 5.72. The summed E-state index contributed by atoms with van der Waals surface area (Å²) in [5, 5.41) is 2.69. The van der Waals surface area contributed by atoms with Gasteiger partial charge in [0.2, 0.25) is 11.8 Å². The monoisotopic (exact) mass is 392 g/mol. The van der Waals surface area contributed by atoms with Crippen molar-refractivity contribution in [2.75, 3.05) is 18.4 Å². The standard InChI is InChI=1S/C20H19ClF2N2O2/c21-17-12-16(5-6-18(17)23)24-20(27)14-7-9-25(10-8-14)19(26)11-13-1-3-15(22)4-2-13/h1-6,12,14H,7-11H2,(H,24,27). The van der Waals surface area contributed by atoms with Gasteiger partial charge in [0.05, 0.1) is 11.4 Å². The number of likely N-dealkylation sites (tertiary alicyclic amines) is 1. The summed E-state index contributed by atoms with van der Waals surface area (Å²) in [6.07, 6.45) is 1.32. The third kappa shape index (κ3) is 5.04. The van der Waals surface area contributed by atoms with E-state index in [0.29, 0.717) is 31.6 Å². The third-order valence-electron chi connectivity index (χ3n) is 4.67. The van der Waals surface area contributed by atoms with Gasteiger partial charge in [-0.2, -0.15) is 0 Å². The maximum atomic E-state index is 13.2. The first-order valence-electron chi connectivity index (χ1n) is 8.70. The highest BCUT2D eigenvalue weighted by Gasteiger charge is 2.27. The molecule has 2 aromatic carbocycles. The number of hydrogen-bond donors (Lipinski definition) is 1. The number of amides is 2. The minimum Gasteiger partial charge on any atom is -0.342 e. The number of anilines is 1. The van der Waals surface area contributed by atoms with Crippen molar-refractivity contribution in [3.05, 3.63) is 64.7 Å². The SMILES string of the molecule is O=C(Nc1ccc(F)c(Cl)c1)C1CCN(C(=O)Cc2ccc(F)cc2)CC1. The molecule has 1 aliphatic heterocycles. The summed E-state index contributed by atoms with van der Waals surface area (Å²) in [5.74, 6) is -1.29. The average molecular weight is 393 g/mol. The number of hydrogen-bond acceptors (Lipinski definition) is 2. The van der Waals surface area contributed by atoms with Crippen LogP contribution >= 0.6 is 11.6 Å². The van der Waals surface area contributed by atoms with Gasteiger partial charge in [-0.15, -0.1) is 0 Å². The maximum absolute atomic E-state index is 13.2. The molecule has 3 rings (SSSR count). The molecule has 0 aromatic heterocycles. The van der Waals surface area contributed by atoms with Crippen LogP contribution in [0.15, 0.2) is 42.5 Å². The normalized spacial score (nSPS) is 14.9. The fourth-order valence-electron chi connectivity index (χ4n) is 3.10. The first-order valence-corrected chi connectivity index (χ1v) is 9.08. The van der Waals surface area contributed by atoms with E-state index < -0.39 is 5.82 Å². The van der Waals surface area contributed by atoms with Crippen molar-refractivity contribution in [3.63, 3.8) is 0 Å². The lowest BCUT2D eigenvalue weighted by molar-refractivity contribution is -0.133. The number of rotatable bonds is 4. The number of halogens is 3. The minimum atomic E-state index is -0.539. The van der Waals surface area contributed by atoms with Crippen molar-refractivity contribution in [1.29, 1.82) is 0 Å². The second kappa shape index (κ2) is 8.48. The Morgan fingerprint density at radius 2 is 1.74 bits per heavy atom. The summed E-state index contributed by atoms with van der Waals surface area (Å²) in [5.41, 5.74) is 1.20. The number of benzene rings is 2. The Kier molecular flexibility index (Phi) is 6.06. The lowest BCUT2D eigenvalue weighted by Gasteiger charge is -2.31. The van der Waals surface area contributed by atoms with Crippen LogP contribution in [0, 0.1) is 17.6 Å². The molecule has 0 bridgehead atoms. The van der Waals surface area contributed by atoms with Gasteiger partial charge in [0, 0.05) is 24.7 Å². The van der Waals surface area contributed by atoms with Crippen LogP contribution in [0.4, 0.5) is 14.5 Å². The van der Waals surface area contributed by atoms with E-state index in [9.17, 15) is 18.4 Å². The molecule has 1 aliphatic rings. The fraction of sp³-hybridized carbons (Fsp3) is 0.300. The Labute approximate surface area is 161 Å². The molecule has 1 saturated heterocycles. The topological polar surface area (TPSA) is 49.4 Å². The summed E-state index contributed by atoms with van der Waals surface area (Å²) in [4.78, 5) is 26.5. The molecule has 0 radical (unpaired) electrons. The van der Waals surface area contributed by atoms with Crippen LogP contribution in [0.2, 0.25) is 5.02 Å². The highest BCUT2D eigenvalue weighted by molar-refractivity contribution is 6.31. The minimum absolute atomic E-state index is 0.0363. The maximum Gasteiger partial charge on any atom is 0.227 e. The Hall–Kier alpha value is -2.47. The Morgan fingerprint density at radius 3 is 2.37 bits per heavy atom. The van der Waals surface area contributed by atoms with Gasteiger partial charge >= 0.3 is 0 Å². The van der Waals surface area contributed by atoms with E-state index in [-0.39, 0.29) is 35.0 Å². The molecule has 7 heteroatoms. The van der Waals surface area contributed by atoms with Gasteiger partial charge in [-0.25, -0.2) is 8.78 Å². The number of carbonyl (C=O) groups excluding carboxylic acids is 2. The highest BCUT2D eigenvalue weighted by atomic mass is 35.5. The van der Waals surface area contributed by atoms with Crippen LogP contribution in [0.3, 0.4) is 0 Å². The van der Waals surface area contributed by atoms with Crippen LogP contribution in [-0.4, -0.2) is 29.8 Å². The van der Waals surface area contributed by atoms with E-state index in [4.69, 9.17) is 11.6 Å². The third-order valence-corrected chi connectivity index (χ3v) is 4.96. The summed E-state index contributed by atoms with van der Waals surface area (Å²) < 4.78 is 26.1. The van der Waals surface area contributed by atoms with Gasteiger partial charge in [0.25, 0.3) is 0 Å². The first-order chi connectivity index (χ1) is 12.9. The van der Waals surface area contributed by atoms with E-state index in [1.165, 1.54) is 30.3 Å². The molecule has 1 fully saturated rings. The molecular formula is C20H19ClF2N2O2. The molecule has 2 amide bonds. The molecule has 142 valence electrons. The lowest BCUT2D eigenvalue weighted by Crippen LogP contribution is -2.42. The molecule has 0 saturated carbocycles. The smallest absolute Gasteiger partial charge is 0.227 e. The molecule has 0 atom stereocenters. The van der Waals surface area contributed by atoms with Gasteiger partial charge in [-0.05, 0) is 48.7 Å². The van der Waals surface area contributed by atoms with Gasteiger partial charge in [0.15, 0.2) is 0 Å². The van der Waals surface area contributed by atoms with Crippen LogP contribution in [-0.2, 0) is 16.0 Å². The van der Waals surface area contributed by atoms with Crippen LogP contribution < -0.4 is 5.32 Å². The average Bonchev–Trinajstić information content (AvgIpc) is 2.66. The second-order valence-electron chi connectivity index (χ2n) is 6.58. The van der Waals surface area contributed by atoms with E-state index in [0.717, 1.165) is 5.56 Å². The molecular weight excluding hydrogens is 374 g/mol. The quantitative estimate of drug-likeness (QED) is 0.853. The van der Waals surface area contributed by atoms with Crippen molar-refractivity contribution < 1.29 is 18.4 Å². The lowest BCUT2D eigenvalue weighted by atomic mass is 9.95. The van der Waals surface area contributed by atoms with Crippen molar-refractivity contribution in [2.45, 2.75) is 19.3 Å². The van der Waals surface area contributed by atoms with Crippen molar-refractivity contribution in [2.24, 2.45) is 5.92 Å². The fourth-order valence-corrected chi connectivity index (χ4v) is 3.28. The zero-order valence-corrected chi connectivity index (χ0v) is 15.3. The van der Waals surface area contributed by atoms with Crippen LogP contribution in [0.5, 0.6) is 0 Å². The zero-order chi connectivity index (χ0) is 19.4. The molecule has 1 heterocycles. The predicted octanol–water partition coefficient (Wildman–Crippen LogP) is 4.04. The van der Waals surface area contributed by atoms with Gasteiger partial charge in [-0.1, -0.05) is 23.7 Å². The molecule has 0 aliphatic carbocycles. The number of nitrogens with one attached hydrogen (secondary N) is 1. The Morgan fingerprint density at radius 1 is 1.07 bits per heavy atom. The molecule has 0 spiro atoms. The molecule has 27 heavy (non-hydrogen) atoms. The number of piperidine rings is 1. The molecule has 2 aromatic rings. The molecule has 4 nitrogen and oxygen atoms in total. The number of nitrogens with zero attached hydrogens (tertiary/aromatic N) is 1. The molecule has 0 unspecified atom stereocenters. The van der Waals surface area contributed by atoms with Crippen LogP contribution in [0.25, 0.3) is 0 Å². The Bertz CT molecular complexity index is 834. The number of carbonyl (C=O) groups is 2. The summed E-state index contributed by atoms with van der Waals surface area (Å²) in [6.45, 7) is 0.977. The van der Waals surface area contributed by atoms with Gasteiger partial charge < -0.3 is 10.2 Å². The van der Waals surface area contributed by atoms with E-state index in [1.807, 2.05) is 0 Å². The highest BCUT2D eigenvalue weighted by Crippen LogP contribution is 2.23. The van der Waals surface area contributed by atoms with Crippen LogP contribution in [0.1, 0.15) is 18.4 Å². The van der Waals surface area contributed by atoms with Gasteiger partial charge in [0.1, 0.15) is 11.6 Å². The van der Waals surface area contributed by atoms with E-state index >= 15 is 0 Å². The van der Waals surface area contributed by atoms with Crippen molar-refractivity contribution >= 4 is 29.1 Å². The van der Waals surface area contributed by atoms with Crippen molar-refractivity contribution in [3.8, 4) is 0 Å². The largest absolute Gasteiger partial charge is 0.342 e. The van der Waals surface area contributed by atoms with Gasteiger partial charge in [-0.3, -0.25) is 9.59 Å². The summed E-state index contributed by atoms with van der Waals surface area (Å²) in [7, 11) is 0. The second-order valence-corrected chi connectivity index (χ2v) is 6.98. The van der Waals surface area contributed by atoms with Crippen molar-refractivity contribution in [1.82, 2.24) is 4.90 Å². The zero-order valence-electron chi connectivity index (χ0n) is 14.6.